The molecule has 24 heavy (non-hydrogen) atoms. The molecule has 1 nitrogen and oxygen atoms in total. The van der Waals surface area contributed by atoms with Crippen LogP contribution in [0.3, 0.4) is 0 Å². The summed E-state index contributed by atoms with van der Waals surface area (Å²) in [5, 5.41) is 10.1. The third-order valence-electron chi connectivity index (χ3n) is 4.68. The van der Waals surface area contributed by atoms with E-state index in [1.807, 2.05) is 18.2 Å². The summed E-state index contributed by atoms with van der Waals surface area (Å²) in [6.07, 6.45) is 1.24. The van der Waals surface area contributed by atoms with Gasteiger partial charge in [-0.05, 0) is 0 Å². The Kier molecular flexibility index (Phi) is 5.13. The molecular formula is C22H21BN-. The zero-order valence-electron chi connectivity index (χ0n) is 13.8. The number of nitriles is 1. The van der Waals surface area contributed by atoms with Crippen molar-refractivity contribution in [3.63, 3.8) is 0 Å². The lowest BCUT2D eigenvalue weighted by atomic mass is 9.19. The van der Waals surface area contributed by atoms with Crippen molar-refractivity contribution >= 4 is 6.15 Å². The van der Waals surface area contributed by atoms with Crippen molar-refractivity contribution in [3.8, 4) is 5.97 Å². The average molecular weight is 310 g/mol. The van der Waals surface area contributed by atoms with Crippen molar-refractivity contribution in [2.45, 2.75) is 19.0 Å². The number of rotatable bonds is 6. The van der Waals surface area contributed by atoms with Gasteiger partial charge in [-0.15, -0.1) is 19.0 Å². The van der Waals surface area contributed by atoms with Crippen molar-refractivity contribution in [1.82, 2.24) is 0 Å². The van der Waals surface area contributed by atoms with Crippen LogP contribution in [0.4, 0.5) is 0 Å². The summed E-state index contributed by atoms with van der Waals surface area (Å²) in [6, 6.07) is 31.2. The second-order valence-corrected chi connectivity index (χ2v) is 6.68. The highest BCUT2D eigenvalue weighted by molar-refractivity contribution is 6.85. The first-order valence-corrected chi connectivity index (χ1v) is 8.53. The van der Waals surface area contributed by atoms with Crippen molar-refractivity contribution in [2.24, 2.45) is 0 Å². The third-order valence-corrected chi connectivity index (χ3v) is 4.68. The average Bonchev–Trinajstić information content (AvgIpc) is 2.64. The maximum Gasteiger partial charge on any atom is 0.117 e. The van der Waals surface area contributed by atoms with Gasteiger partial charge in [0.25, 0.3) is 0 Å². The number of nitrogens with zero attached hydrogens (tertiary/aromatic N) is 1. The molecule has 0 fully saturated rings. The van der Waals surface area contributed by atoms with Gasteiger partial charge in [0.1, 0.15) is 6.15 Å². The number of hydrogen-bond acceptors (Lipinski definition) is 1. The van der Waals surface area contributed by atoms with Crippen molar-refractivity contribution in [3.05, 3.63) is 108 Å². The maximum absolute atomic E-state index is 10.1. The van der Waals surface area contributed by atoms with E-state index in [2.05, 4.69) is 78.8 Å². The first kappa shape index (κ1) is 16.1. The fourth-order valence-corrected chi connectivity index (χ4v) is 3.55. The van der Waals surface area contributed by atoms with Crippen LogP contribution in [0.15, 0.2) is 91.0 Å². The Morgan fingerprint density at radius 1 is 0.542 bits per heavy atom. The molecule has 2 heteroatoms. The minimum Gasteiger partial charge on any atom is -0.250 e. The van der Waals surface area contributed by atoms with Crippen LogP contribution in [0, 0.1) is 11.2 Å². The van der Waals surface area contributed by atoms with E-state index in [0.29, 0.717) is 0 Å². The lowest BCUT2D eigenvalue weighted by molar-refractivity contribution is 1.15. The first-order valence-electron chi connectivity index (χ1n) is 8.53. The summed E-state index contributed by atoms with van der Waals surface area (Å²) in [4.78, 5) is 0. The highest BCUT2D eigenvalue weighted by Gasteiger charge is 2.26. The summed E-state index contributed by atoms with van der Waals surface area (Å²) in [5.41, 5.74) is 3.72. The van der Waals surface area contributed by atoms with Crippen LogP contribution in [-0.4, -0.2) is 6.15 Å². The Balaban J connectivity index is 1.93. The molecule has 0 atom stereocenters. The van der Waals surface area contributed by atoms with Gasteiger partial charge < -0.3 is 0 Å². The normalized spacial score (nSPS) is 11.0. The molecule has 3 aromatic rings. The van der Waals surface area contributed by atoms with E-state index in [-0.39, 0.29) is 0 Å². The van der Waals surface area contributed by atoms with Crippen LogP contribution >= 0.6 is 0 Å². The highest BCUT2D eigenvalue weighted by Crippen LogP contribution is 2.22. The molecule has 0 aromatic heterocycles. The summed E-state index contributed by atoms with van der Waals surface area (Å²) in [5.74, 6) is 2.72. The lowest BCUT2D eigenvalue weighted by Crippen LogP contribution is -2.42. The van der Waals surface area contributed by atoms with E-state index in [9.17, 15) is 5.26 Å². The zero-order valence-corrected chi connectivity index (χ0v) is 13.8. The minimum atomic E-state index is -1.23. The van der Waals surface area contributed by atoms with Gasteiger partial charge in [-0.3, -0.25) is 0 Å². The molecule has 0 heterocycles. The molecule has 0 unspecified atom stereocenters. The monoisotopic (exact) mass is 310 g/mol. The maximum atomic E-state index is 10.1. The molecule has 0 aliphatic heterocycles. The van der Waals surface area contributed by atoms with E-state index in [1.165, 1.54) is 16.7 Å². The first-order chi connectivity index (χ1) is 11.8. The SMILES string of the molecule is N#C[B-](Cc1ccccc1)(Cc1ccccc1)Cc1ccccc1. The van der Waals surface area contributed by atoms with E-state index < -0.39 is 6.15 Å². The fraction of sp³-hybridized carbons (Fsp3) is 0.136. The summed E-state index contributed by atoms with van der Waals surface area (Å²) in [6.45, 7) is 0. The van der Waals surface area contributed by atoms with E-state index >= 15 is 0 Å². The predicted octanol–water partition coefficient (Wildman–Crippen LogP) is 4.84. The Bertz CT molecular complexity index is 690. The van der Waals surface area contributed by atoms with Crippen LogP contribution in [0.2, 0.25) is 0 Å². The van der Waals surface area contributed by atoms with Crippen molar-refractivity contribution in [1.29, 1.82) is 5.26 Å². The molecule has 0 aliphatic rings. The van der Waals surface area contributed by atoms with Gasteiger partial charge in [0, 0.05) is 0 Å². The van der Waals surface area contributed by atoms with Gasteiger partial charge in [-0.25, -0.2) is 5.26 Å². The van der Waals surface area contributed by atoms with E-state index in [1.54, 1.807) is 0 Å². The van der Waals surface area contributed by atoms with Gasteiger partial charge in [0.15, 0.2) is 0 Å². The molecule has 0 saturated carbocycles. The predicted molar refractivity (Wildman–Crippen MR) is 102 cm³/mol. The van der Waals surface area contributed by atoms with Crippen molar-refractivity contribution < 1.29 is 0 Å². The van der Waals surface area contributed by atoms with Crippen LogP contribution in [0.1, 0.15) is 16.7 Å². The van der Waals surface area contributed by atoms with Crippen LogP contribution in [0.5, 0.6) is 0 Å². The van der Waals surface area contributed by atoms with E-state index in [0.717, 1.165) is 19.0 Å². The molecule has 0 spiro atoms. The second kappa shape index (κ2) is 7.66. The summed E-state index contributed by atoms with van der Waals surface area (Å²) >= 11 is 0. The fourth-order valence-electron chi connectivity index (χ4n) is 3.55. The largest absolute Gasteiger partial charge is 0.250 e. The van der Waals surface area contributed by atoms with Gasteiger partial charge in [0.2, 0.25) is 0 Å². The molecule has 118 valence electrons. The quantitative estimate of drug-likeness (QED) is 0.597. The standard InChI is InChI=1S/C22H21BN/c24-19-23(16-20-10-4-1-5-11-20,17-21-12-6-2-7-13-21)18-22-14-8-3-9-15-22/h1-15H,16-18H2/q-1. The van der Waals surface area contributed by atoms with Crippen LogP contribution in [-0.2, 0) is 19.0 Å². The smallest absolute Gasteiger partial charge is 0.117 e. The minimum absolute atomic E-state index is 0.821. The molecule has 0 N–H and O–H groups in total. The number of benzene rings is 3. The Labute approximate surface area is 144 Å². The molecule has 0 amide bonds. The third kappa shape index (κ3) is 4.15. The second-order valence-electron chi connectivity index (χ2n) is 6.68. The Morgan fingerprint density at radius 3 is 1.08 bits per heavy atom. The van der Waals surface area contributed by atoms with E-state index in [4.69, 9.17) is 0 Å². The molecule has 0 aliphatic carbocycles. The molecule has 0 bridgehead atoms. The van der Waals surface area contributed by atoms with Gasteiger partial charge in [0.05, 0.1) is 0 Å². The van der Waals surface area contributed by atoms with Gasteiger partial charge >= 0.3 is 0 Å². The van der Waals surface area contributed by atoms with Gasteiger partial charge in [-0.1, -0.05) is 108 Å². The lowest BCUT2D eigenvalue weighted by Gasteiger charge is -2.33. The molecule has 0 saturated heterocycles. The van der Waals surface area contributed by atoms with Gasteiger partial charge in [-0.2, -0.15) is 5.97 Å². The molecule has 0 radical (unpaired) electrons. The van der Waals surface area contributed by atoms with Crippen molar-refractivity contribution in [2.75, 3.05) is 0 Å². The van der Waals surface area contributed by atoms with Crippen LogP contribution < -0.4 is 0 Å². The highest BCUT2D eigenvalue weighted by atomic mass is 14.2. The number of hydrogen-bond donors (Lipinski definition) is 0. The zero-order chi connectivity index (χ0) is 16.7. The topological polar surface area (TPSA) is 23.8 Å². The Morgan fingerprint density at radius 2 is 0.833 bits per heavy atom. The molecule has 3 aromatic carbocycles. The van der Waals surface area contributed by atoms with Crippen LogP contribution in [0.25, 0.3) is 0 Å². The molecule has 3 rings (SSSR count). The summed E-state index contributed by atoms with van der Waals surface area (Å²) in [7, 11) is 0. The Hall–Kier alpha value is -2.79. The summed E-state index contributed by atoms with van der Waals surface area (Å²) < 4.78 is 0. The molecular weight excluding hydrogens is 289 g/mol.